The lowest BCUT2D eigenvalue weighted by Gasteiger charge is -2.33. The first-order valence-electron chi connectivity index (χ1n) is 9.59. The van der Waals surface area contributed by atoms with Crippen molar-refractivity contribution in [3.05, 3.63) is 41.4 Å². The summed E-state index contributed by atoms with van der Waals surface area (Å²) in [4.78, 5) is 42.5. The maximum absolute atomic E-state index is 12.8. The minimum absolute atomic E-state index is 0.182. The second-order valence-corrected chi connectivity index (χ2v) is 8.45. The number of nitrogens with zero attached hydrogens (tertiary/aromatic N) is 2. The van der Waals surface area contributed by atoms with Gasteiger partial charge in [-0.1, -0.05) is 29.9 Å². The quantitative estimate of drug-likeness (QED) is 0.600. The predicted molar refractivity (Wildman–Crippen MR) is 121 cm³/mol. The van der Waals surface area contributed by atoms with Crippen molar-refractivity contribution in [3.8, 4) is 5.75 Å². The smallest absolute Gasteiger partial charge is 0.268 e. The fourth-order valence-corrected chi connectivity index (χ4v) is 4.33. The van der Waals surface area contributed by atoms with Crippen LogP contribution in [0.15, 0.2) is 36.4 Å². The first-order valence-corrected chi connectivity index (χ1v) is 10.8. The molecule has 0 fully saturated rings. The van der Waals surface area contributed by atoms with E-state index in [1.807, 2.05) is 13.0 Å². The number of rotatable bonds is 5. The van der Waals surface area contributed by atoms with Crippen LogP contribution < -0.4 is 20.3 Å². The summed E-state index contributed by atoms with van der Waals surface area (Å²) in [6.07, 6.45) is -0.170. The van der Waals surface area contributed by atoms with E-state index in [9.17, 15) is 14.4 Å². The van der Waals surface area contributed by atoms with Crippen LogP contribution in [-0.2, 0) is 14.4 Å². The molecule has 3 amide bonds. The third-order valence-electron chi connectivity index (χ3n) is 4.65. The van der Waals surface area contributed by atoms with Gasteiger partial charge < -0.3 is 15.4 Å². The third-order valence-corrected chi connectivity index (χ3v) is 5.84. The van der Waals surface area contributed by atoms with Crippen LogP contribution in [0.3, 0.4) is 0 Å². The van der Waals surface area contributed by atoms with Gasteiger partial charge in [-0.15, -0.1) is 0 Å². The van der Waals surface area contributed by atoms with Gasteiger partial charge in [-0.05, 0) is 42.8 Å². The Kier molecular flexibility index (Phi) is 5.79. The van der Waals surface area contributed by atoms with Crippen LogP contribution in [0.25, 0.3) is 10.2 Å². The van der Waals surface area contributed by atoms with Crippen molar-refractivity contribution < 1.29 is 19.1 Å². The summed E-state index contributed by atoms with van der Waals surface area (Å²) < 4.78 is 6.61. The number of ether oxygens (including phenoxy) is 1. The number of anilines is 3. The Morgan fingerprint density at radius 2 is 2.03 bits per heavy atom. The predicted octanol–water partition coefficient (Wildman–Crippen LogP) is 4.05. The van der Waals surface area contributed by atoms with Gasteiger partial charge in [0, 0.05) is 17.6 Å². The average Bonchev–Trinajstić information content (AvgIpc) is 3.10. The van der Waals surface area contributed by atoms with Gasteiger partial charge in [0.1, 0.15) is 12.3 Å². The second kappa shape index (κ2) is 8.52. The van der Waals surface area contributed by atoms with E-state index in [-0.39, 0.29) is 24.3 Å². The minimum Gasteiger partial charge on any atom is -0.478 e. The normalized spacial score (nSPS) is 15.4. The van der Waals surface area contributed by atoms with Crippen LogP contribution in [-0.4, -0.2) is 35.4 Å². The highest BCUT2D eigenvalue weighted by atomic mass is 35.5. The van der Waals surface area contributed by atoms with Crippen LogP contribution in [0.4, 0.5) is 16.5 Å². The van der Waals surface area contributed by atoms with Gasteiger partial charge >= 0.3 is 0 Å². The number of carbonyl (C=O) groups is 3. The van der Waals surface area contributed by atoms with E-state index >= 15 is 0 Å². The van der Waals surface area contributed by atoms with Crippen molar-refractivity contribution >= 4 is 67.4 Å². The molecule has 160 valence electrons. The number of halogens is 1. The first-order chi connectivity index (χ1) is 14.8. The van der Waals surface area contributed by atoms with Crippen LogP contribution in [0.2, 0.25) is 5.02 Å². The van der Waals surface area contributed by atoms with Gasteiger partial charge in [-0.25, -0.2) is 4.98 Å². The molecule has 0 saturated carbocycles. The number of fused-ring (bicyclic) bond motifs is 2. The van der Waals surface area contributed by atoms with Crippen molar-refractivity contribution in [2.75, 3.05) is 22.1 Å². The van der Waals surface area contributed by atoms with E-state index in [0.29, 0.717) is 39.2 Å². The molecule has 0 unspecified atom stereocenters. The Morgan fingerprint density at radius 3 is 2.77 bits per heavy atom. The Morgan fingerprint density at radius 1 is 1.23 bits per heavy atom. The van der Waals surface area contributed by atoms with Crippen molar-refractivity contribution in [2.24, 2.45) is 0 Å². The largest absolute Gasteiger partial charge is 0.478 e. The SMILES string of the molecule is CC[C@H]1Oc2ccc(Cl)cc2N(CC(=O)Nc2ccc3sc(NC(C)=O)nc3c2)C1=O. The highest BCUT2D eigenvalue weighted by Gasteiger charge is 2.34. The molecule has 1 aromatic heterocycles. The zero-order valence-corrected chi connectivity index (χ0v) is 18.3. The molecule has 0 saturated heterocycles. The van der Waals surface area contributed by atoms with E-state index in [0.717, 1.165) is 4.70 Å². The minimum atomic E-state index is -0.653. The molecule has 1 atom stereocenters. The van der Waals surface area contributed by atoms with Crippen molar-refractivity contribution in [2.45, 2.75) is 26.4 Å². The lowest BCUT2D eigenvalue weighted by molar-refractivity contribution is -0.128. The Bertz CT molecular complexity index is 1200. The molecule has 31 heavy (non-hydrogen) atoms. The van der Waals surface area contributed by atoms with Gasteiger partial charge in [0.2, 0.25) is 11.8 Å². The summed E-state index contributed by atoms with van der Waals surface area (Å²) >= 11 is 7.43. The number of nitrogens with one attached hydrogen (secondary N) is 2. The molecule has 2 N–H and O–H groups in total. The zero-order chi connectivity index (χ0) is 22.1. The number of benzene rings is 2. The highest BCUT2D eigenvalue weighted by Crippen LogP contribution is 2.36. The highest BCUT2D eigenvalue weighted by molar-refractivity contribution is 7.22. The molecule has 4 rings (SSSR count). The van der Waals surface area contributed by atoms with E-state index in [2.05, 4.69) is 15.6 Å². The van der Waals surface area contributed by atoms with Gasteiger partial charge in [-0.3, -0.25) is 19.3 Å². The fraction of sp³-hybridized carbons (Fsp3) is 0.238. The van der Waals surface area contributed by atoms with Gasteiger partial charge in [0.05, 0.1) is 15.9 Å². The second-order valence-electron chi connectivity index (χ2n) is 6.98. The van der Waals surface area contributed by atoms with Crippen LogP contribution in [0.1, 0.15) is 20.3 Å². The average molecular weight is 459 g/mol. The van der Waals surface area contributed by atoms with Crippen molar-refractivity contribution in [1.29, 1.82) is 0 Å². The van der Waals surface area contributed by atoms with E-state index in [1.165, 1.54) is 23.2 Å². The van der Waals surface area contributed by atoms with E-state index in [1.54, 1.807) is 30.3 Å². The molecule has 1 aliphatic heterocycles. The first kappa shape index (κ1) is 21.1. The summed E-state index contributed by atoms with van der Waals surface area (Å²) in [6, 6.07) is 10.3. The van der Waals surface area contributed by atoms with Crippen molar-refractivity contribution in [3.63, 3.8) is 0 Å². The van der Waals surface area contributed by atoms with Gasteiger partial charge in [0.15, 0.2) is 11.2 Å². The summed E-state index contributed by atoms with van der Waals surface area (Å²) in [7, 11) is 0. The molecule has 2 aromatic carbocycles. The summed E-state index contributed by atoms with van der Waals surface area (Å²) in [5, 5.41) is 6.39. The van der Waals surface area contributed by atoms with Crippen LogP contribution in [0.5, 0.6) is 5.75 Å². The topological polar surface area (TPSA) is 101 Å². The molecule has 8 nitrogen and oxygen atoms in total. The molecular weight excluding hydrogens is 440 g/mol. The molecule has 0 bridgehead atoms. The molecular formula is C21H19ClN4O4S. The Labute approximate surface area is 187 Å². The number of aromatic nitrogens is 1. The molecule has 0 aliphatic carbocycles. The molecule has 10 heteroatoms. The monoisotopic (exact) mass is 458 g/mol. The maximum Gasteiger partial charge on any atom is 0.268 e. The fourth-order valence-electron chi connectivity index (χ4n) is 3.27. The lowest BCUT2D eigenvalue weighted by Crippen LogP contribution is -2.48. The van der Waals surface area contributed by atoms with Crippen LogP contribution >= 0.6 is 22.9 Å². The number of hydrogen-bond donors (Lipinski definition) is 2. The summed E-state index contributed by atoms with van der Waals surface area (Å²) in [5.41, 5.74) is 1.65. The van der Waals surface area contributed by atoms with E-state index < -0.39 is 6.10 Å². The lowest BCUT2D eigenvalue weighted by atomic mass is 10.1. The Hall–Kier alpha value is -3.17. The van der Waals surface area contributed by atoms with Gasteiger partial charge in [0.25, 0.3) is 5.91 Å². The molecule has 1 aliphatic rings. The number of amides is 3. The number of carbonyl (C=O) groups excluding carboxylic acids is 3. The molecule has 0 radical (unpaired) electrons. The standard InChI is InChI=1S/C21H19ClN4O4S/c1-3-16-20(29)26(15-8-12(22)4-6-17(15)30-16)10-19(28)24-13-5-7-18-14(9-13)25-21(31-18)23-11(2)27/h4-9,16H,3,10H2,1-2H3,(H,24,28)(H,23,25,27)/t16-/m1/s1. The maximum atomic E-state index is 12.8. The summed E-state index contributed by atoms with van der Waals surface area (Å²) in [6.45, 7) is 3.08. The van der Waals surface area contributed by atoms with E-state index in [4.69, 9.17) is 16.3 Å². The van der Waals surface area contributed by atoms with Crippen LogP contribution in [0, 0.1) is 0 Å². The molecule has 0 spiro atoms. The zero-order valence-electron chi connectivity index (χ0n) is 16.8. The molecule has 3 aromatic rings. The van der Waals surface area contributed by atoms with Gasteiger partial charge in [-0.2, -0.15) is 0 Å². The Balaban J connectivity index is 1.53. The number of thiazole rings is 1. The summed E-state index contributed by atoms with van der Waals surface area (Å²) in [5.74, 6) is -0.346. The van der Waals surface area contributed by atoms with Crippen molar-refractivity contribution in [1.82, 2.24) is 4.98 Å². The number of hydrogen-bond acceptors (Lipinski definition) is 6. The third kappa shape index (κ3) is 4.47. The molecule has 2 heterocycles.